The highest BCUT2D eigenvalue weighted by atomic mass is 16.2. The van der Waals surface area contributed by atoms with E-state index < -0.39 is 0 Å². The van der Waals surface area contributed by atoms with Crippen molar-refractivity contribution in [2.75, 3.05) is 13.1 Å². The number of carbonyl (C=O) groups is 2. The molecule has 0 aromatic carbocycles. The second-order valence-corrected chi connectivity index (χ2v) is 6.18. The Morgan fingerprint density at radius 1 is 1.32 bits per heavy atom. The molecule has 0 aliphatic carbocycles. The van der Waals surface area contributed by atoms with Crippen LogP contribution in [0.25, 0.3) is 0 Å². The van der Waals surface area contributed by atoms with Gasteiger partial charge in [0.25, 0.3) is 0 Å². The van der Waals surface area contributed by atoms with Gasteiger partial charge in [-0.1, -0.05) is 27.2 Å². The average Bonchev–Trinajstić information content (AvgIpc) is 2.27. The lowest BCUT2D eigenvalue weighted by atomic mass is 9.90. The van der Waals surface area contributed by atoms with E-state index in [4.69, 9.17) is 0 Å². The highest BCUT2D eigenvalue weighted by molar-refractivity contribution is 5.77. The molecular formula is C15H28N2O2. The van der Waals surface area contributed by atoms with Crippen LogP contribution in [0.3, 0.4) is 0 Å². The van der Waals surface area contributed by atoms with Gasteiger partial charge in [-0.2, -0.15) is 0 Å². The molecule has 0 radical (unpaired) electrons. The van der Waals surface area contributed by atoms with Gasteiger partial charge in [0, 0.05) is 32.5 Å². The predicted octanol–water partition coefficient (Wildman–Crippen LogP) is 2.19. The number of carbonyl (C=O) groups excluding carboxylic acids is 2. The molecule has 1 aliphatic heterocycles. The molecule has 4 heteroatoms. The van der Waals surface area contributed by atoms with E-state index in [-0.39, 0.29) is 17.9 Å². The van der Waals surface area contributed by atoms with Crippen molar-refractivity contribution in [3.05, 3.63) is 0 Å². The molecule has 0 saturated carbocycles. The molecule has 0 aromatic heterocycles. The molecule has 1 fully saturated rings. The maximum absolute atomic E-state index is 12.2. The highest BCUT2D eigenvalue weighted by Gasteiger charge is 2.29. The topological polar surface area (TPSA) is 49.4 Å². The van der Waals surface area contributed by atoms with Gasteiger partial charge in [0.05, 0.1) is 0 Å². The Morgan fingerprint density at radius 3 is 2.53 bits per heavy atom. The molecule has 1 heterocycles. The van der Waals surface area contributed by atoms with Crippen LogP contribution in [0.4, 0.5) is 0 Å². The van der Waals surface area contributed by atoms with Gasteiger partial charge in [0.2, 0.25) is 11.8 Å². The van der Waals surface area contributed by atoms with Crippen molar-refractivity contribution in [1.82, 2.24) is 10.2 Å². The first-order valence-electron chi connectivity index (χ1n) is 7.47. The minimum Gasteiger partial charge on any atom is -0.352 e. The number of hydrogen-bond acceptors (Lipinski definition) is 2. The first-order chi connectivity index (χ1) is 8.92. The molecule has 1 aliphatic rings. The maximum atomic E-state index is 12.2. The summed E-state index contributed by atoms with van der Waals surface area (Å²) in [7, 11) is 0. The Morgan fingerprint density at radius 2 is 2.00 bits per heavy atom. The summed E-state index contributed by atoms with van der Waals surface area (Å²) in [6.07, 6.45) is 3.86. The van der Waals surface area contributed by atoms with E-state index >= 15 is 0 Å². The molecule has 0 aromatic rings. The Balaban J connectivity index is 2.63. The van der Waals surface area contributed by atoms with E-state index in [2.05, 4.69) is 26.1 Å². The van der Waals surface area contributed by atoms with Crippen LogP contribution in [-0.4, -0.2) is 35.8 Å². The number of likely N-dealkylation sites (tertiary alicyclic amines) is 1. The second-order valence-electron chi connectivity index (χ2n) is 6.18. The molecule has 1 rings (SSSR count). The van der Waals surface area contributed by atoms with E-state index in [1.165, 1.54) is 0 Å². The standard InChI is InChI=1S/C15H28N2O2/c1-5-6-13-8-14(16-12(4)18)10-17(9-13)15(19)7-11(2)3/h11,13-14H,5-10H2,1-4H3,(H,16,18). The quantitative estimate of drug-likeness (QED) is 0.831. The van der Waals surface area contributed by atoms with E-state index in [0.717, 1.165) is 25.8 Å². The zero-order chi connectivity index (χ0) is 14.4. The van der Waals surface area contributed by atoms with E-state index in [9.17, 15) is 9.59 Å². The van der Waals surface area contributed by atoms with Crippen LogP contribution in [0.2, 0.25) is 0 Å². The van der Waals surface area contributed by atoms with Crippen LogP contribution in [0.5, 0.6) is 0 Å². The molecule has 0 spiro atoms. The largest absolute Gasteiger partial charge is 0.352 e. The van der Waals surface area contributed by atoms with Gasteiger partial charge in [-0.05, 0) is 24.7 Å². The van der Waals surface area contributed by atoms with Gasteiger partial charge in [-0.25, -0.2) is 0 Å². The van der Waals surface area contributed by atoms with Gasteiger partial charge in [0.1, 0.15) is 0 Å². The number of nitrogens with one attached hydrogen (secondary N) is 1. The van der Waals surface area contributed by atoms with Crippen LogP contribution < -0.4 is 5.32 Å². The van der Waals surface area contributed by atoms with Crippen molar-refractivity contribution in [3.63, 3.8) is 0 Å². The lowest BCUT2D eigenvalue weighted by Gasteiger charge is -2.38. The van der Waals surface area contributed by atoms with Crippen LogP contribution in [0.15, 0.2) is 0 Å². The van der Waals surface area contributed by atoms with Crippen LogP contribution in [0, 0.1) is 11.8 Å². The van der Waals surface area contributed by atoms with Gasteiger partial charge in [-0.15, -0.1) is 0 Å². The maximum Gasteiger partial charge on any atom is 0.222 e. The molecule has 0 bridgehead atoms. The highest BCUT2D eigenvalue weighted by Crippen LogP contribution is 2.22. The van der Waals surface area contributed by atoms with Crippen molar-refractivity contribution in [1.29, 1.82) is 0 Å². The summed E-state index contributed by atoms with van der Waals surface area (Å²) in [5, 5.41) is 2.98. The van der Waals surface area contributed by atoms with Gasteiger partial charge in [0.15, 0.2) is 0 Å². The summed E-state index contributed by atoms with van der Waals surface area (Å²) in [5.74, 6) is 1.13. The Kier molecular flexibility index (Phi) is 6.32. The monoisotopic (exact) mass is 268 g/mol. The SMILES string of the molecule is CCCC1CC(NC(C)=O)CN(C(=O)CC(C)C)C1. The first-order valence-corrected chi connectivity index (χ1v) is 7.47. The summed E-state index contributed by atoms with van der Waals surface area (Å²) in [6.45, 7) is 9.38. The second kappa shape index (κ2) is 7.51. The molecule has 2 atom stereocenters. The Labute approximate surface area is 116 Å². The number of piperidine rings is 1. The summed E-state index contributed by atoms with van der Waals surface area (Å²) in [4.78, 5) is 25.4. The van der Waals surface area contributed by atoms with Crippen molar-refractivity contribution < 1.29 is 9.59 Å². The van der Waals surface area contributed by atoms with Gasteiger partial charge >= 0.3 is 0 Å². The molecule has 110 valence electrons. The van der Waals surface area contributed by atoms with Gasteiger partial charge < -0.3 is 10.2 Å². The lowest BCUT2D eigenvalue weighted by Crippen LogP contribution is -2.52. The van der Waals surface area contributed by atoms with Crippen LogP contribution in [-0.2, 0) is 9.59 Å². The zero-order valence-electron chi connectivity index (χ0n) is 12.7. The third-order valence-electron chi connectivity index (χ3n) is 3.58. The molecule has 1 saturated heterocycles. The third kappa shape index (κ3) is 5.62. The normalized spacial score (nSPS) is 23.5. The number of amides is 2. The van der Waals surface area contributed by atoms with E-state index in [1.807, 2.05) is 4.90 Å². The molecular weight excluding hydrogens is 240 g/mol. The summed E-state index contributed by atoms with van der Waals surface area (Å²) >= 11 is 0. The summed E-state index contributed by atoms with van der Waals surface area (Å²) < 4.78 is 0. The van der Waals surface area contributed by atoms with Crippen LogP contribution >= 0.6 is 0 Å². The van der Waals surface area contributed by atoms with Crippen molar-refractivity contribution in [2.45, 2.75) is 59.4 Å². The minimum atomic E-state index is -0.00147. The van der Waals surface area contributed by atoms with Gasteiger partial charge in [-0.3, -0.25) is 9.59 Å². The lowest BCUT2D eigenvalue weighted by molar-refractivity contribution is -0.135. The van der Waals surface area contributed by atoms with E-state index in [0.29, 0.717) is 24.8 Å². The fourth-order valence-corrected chi connectivity index (χ4v) is 2.90. The van der Waals surface area contributed by atoms with Crippen molar-refractivity contribution >= 4 is 11.8 Å². The Hall–Kier alpha value is -1.06. The first kappa shape index (κ1) is 16.0. The summed E-state index contributed by atoms with van der Waals surface area (Å²) in [5.41, 5.74) is 0. The smallest absolute Gasteiger partial charge is 0.222 e. The van der Waals surface area contributed by atoms with E-state index in [1.54, 1.807) is 6.92 Å². The number of rotatable bonds is 5. The third-order valence-corrected chi connectivity index (χ3v) is 3.58. The fourth-order valence-electron chi connectivity index (χ4n) is 2.90. The molecule has 2 amide bonds. The molecule has 1 N–H and O–H groups in total. The van der Waals surface area contributed by atoms with Crippen LogP contribution in [0.1, 0.15) is 53.4 Å². The molecule has 2 unspecified atom stereocenters. The average molecular weight is 268 g/mol. The minimum absolute atomic E-state index is 0.00147. The summed E-state index contributed by atoms with van der Waals surface area (Å²) in [6, 6.07) is 0.124. The Bertz CT molecular complexity index is 315. The number of nitrogens with zero attached hydrogens (tertiary/aromatic N) is 1. The molecule has 19 heavy (non-hydrogen) atoms. The number of hydrogen-bond donors (Lipinski definition) is 1. The fraction of sp³-hybridized carbons (Fsp3) is 0.867. The van der Waals surface area contributed by atoms with Crippen molar-refractivity contribution in [2.24, 2.45) is 11.8 Å². The predicted molar refractivity (Wildman–Crippen MR) is 76.7 cm³/mol. The van der Waals surface area contributed by atoms with Crippen molar-refractivity contribution in [3.8, 4) is 0 Å². The molecule has 4 nitrogen and oxygen atoms in total. The zero-order valence-corrected chi connectivity index (χ0v) is 12.7.